The molecule has 1 aliphatic rings. The van der Waals surface area contributed by atoms with Gasteiger partial charge in [0.05, 0.1) is 24.2 Å². The minimum absolute atomic E-state index is 0.353. The zero-order chi connectivity index (χ0) is 13.2. The zero-order valence-corrected chi connectivity index (χ0v) is 12.4. The molecule has 0 bridgehead atoms. The summed E-state index contributed by atoms with van der Waals surface area (Å²) in [7, 11) is 0. The number of rotatable bonds is 3. The fraction of sp³-hybridized carbons (Fsp3) is 0.538. The monoisotopic (exact) mass is 324 g/mol. The summed E-state index contributed by atoms with van der Waals surface area (Å²) in [4.78, 5) is 8.53. The van der Waals surface area contributed by atoms with Gasteiger partial charge in [0.15, 0.2) is 5.65 Å². The Labute approximate surface area is 120 Å². The highest BCUT2D eigenvalue weighted by atomic mass is 79.9. The number of imidazole rings is 1. The van der Waals surface area contributed by atoms with E-state index in [0.29, 0.717) is 12.1 Å². The highest BCUT2D eigenvalue weighted by Gasteiger charge is 2.19. The standard InChI is InChI=1S/C13H17BrN4O/c1-9-4-10(2-3-19-9)15-5-11-6-17-13-7-16-12(14)8-18(11)13/h6-10,15H,2-5H2,1H3. The van der Waals surface area contributed by atoms with Crippen LogP contribution in [0, 0.1) is 0 Å². The van der Waals surface area contributed by atoms with E-state index in [-0.39, 0.29) is 0 Å². The predicted octanol–water partition coefficient (Wildman–Crippen LogP) is 2.15. The van der Waals surface area contributed by atoms with E-state index in [0.717, 1.165) is 41.9 Å². The molecule has 2 aromatic heterocycles. The van der Waals surface area contributed by atoms with E-state index in [9.17, 15) is 0 Å². The first-order valence-corrected chi connectivity index (χ1v) is 7.34. The number of nitrogens with one attached hydrogen (secondary N) is 1. The molecular formula is C13H17BrN4O. The van der Waals surface area contributed by atoms with Crippen LogP contribution in [0.4, 0.5) is 0 Å². The van der Waals surface area contributed by atoms with E-state index in [1.54, 1.807) is 6.20 Å². The van der Waals surface area contributed by atoms with Crippen LogP contribution in [0.25, 0.3) is 5.65 Å². The second kappa shape index (κ2) is 5.56. The number of aromatic nitrogens is 3. The maximum Gasteiger partial charge on any atom is 0.155 e. The van der Waals surface area contributed by atoms with Gasteiger partial charge in [-0.25, -0.2) is 9.97 Å². The summed E-state index contributed by atoms with van der Waals surface area (Å²) in [5.74, 6) is 0. The molecule has 0 saturated carbocycles. The van der Waals surface area contributed by atoms with Crippen molar-refractivity contribution in [1.29, 1.82) is 0 Å². The van der Waals surface area contributed by atoms with Gasteiger partial charge in [0.25, 0.3) is 0 Å². The largest absolute Gasteiger partial charge is 0.378 e. The zero-order valence-electron chi connectivity index (χ0n) is 10.8. The minimum Gasteiger partial charge on any atom is -0.378 e. The number of hydrogen-bond donors (Lipinski definition) is 1. The molecule has 1 aliphatic heterocycles. The Morgan fingerprint density at radius 3 is 3.21 bits per heavy atom. The lowest BCUT2D eigenvalue weighted by atomic mass is 10.0. The molecule has 0 amide bonds. The molecule has 102 valence electrons. The van der Waals surface area contributed by atoms with Crippen molar-refractivity contribution >= 4 is 21.6 Å². The molecule has 19 heavy (non-hydrogen) atoms. The second-order valence-electron chi connectivity index (χ2n) is 4.97. The van der Waals surface area contributed by atoms with Crippen LogP contribution in [0.15, 0.2) is 23.2 Å². The third-order valence-electron chi connectivity index (χ3n) is 3.50. The van der Waals surface area contributed by atoms with Crippen LogP contribution in [-0.4, -0.2) is 33.1 Å². The van der Waals surface area contributed by atoms with Crippen molar-refractivity contribution in [2.75, 3.05) is 6.61 Å². The molecule has 2 atom stereocenters. The number of nitrogens with zero attached hydrogens (tertiary/aromatic N) is 3. The highest BCUT2D eigenvalue weighted by molar-refractivity contribution is 9.10. The fourth-order valence-corrected chi connectivity index (χ4v) is 2.79. The van der Waals surface area contributed by atoms with E-state index in [2.05, 4.69) is 42.5 Å². The van der Waals surface area contributed by atoms with Gasteiger partial charge in [0.2, 0.25) is 0 Å². The SMILES string of the molecule is CC1CC(NCc2cnc3cnc(Br)cn23)CCO1. The molecule has 1 fully saturated rings. The van der Waals surface area contributed by atoms with Gasteiger partial charge >= 0.3 is 0 Å². The third kappa shape index (κ3) is 2.96. The van der Waals surface area contributed by atoms with Crippen molar-refractivity contribution in [2.45, 2.75) is 38.5 Å². The van der Waals surface area contributed by atoms with Gasteiger partial charge in [-0.2, -0.15) is 0 Å². The topological polar surface area (TPSA) is 51.5 Å². The van der Waals surface area contributed by atoms with Crippen LogP contribution in [0.1, 0.15) is 25.5 Å². The lowest BCUT2D eigenvalue weighted by molar-refractivity contribution is 0.0130. The number of ether oxygens (including phenoxy) is 1. The molecule has 0 spiro atoms. The number of fused-ring (bicyclic) bond motifs is 1. The minimum atomic E-state index is 0.353. The van der Waals surface area contributed by atoms with E-state index in [4.69, 9.17) is 4.74 Å². The normalized spacial score (nSPS) is 23.9. The molecule has 0 radical (unpaired) electrons. The Hall–Kier alpha value is -0.980. The molecule has 2 aromatic rings. The van der Waals surface area contributed by atoms with Gasteiger partial charge < -0.3 is 10.1 Å². The Bertz CT molecular complexity index is 571. The molecule has 2 unspecified atom stereocenters. The van der Waals surface area contributed by atoms with E-state index in [1.165, 1.54) is 0 Å². The van der Waals surface area contributed by atoms with Gasteiger partial charge in [-0.1, -0.05) is 0 Å². The molecule has 5 nitrogen and oxygen atoms in total. The average molecular weight is 325 g/mol. The van der Waals surface area contributed by atoms with Crippen LogP contribution in [0.3, 0.4) is 0 Å². The molecule has 6 heteroatoms. The molecule has 1 saturated heterocycles. The van der Waals surface area contributed by atoms with Crippen molar-refractivity contribution in [1.82, 2.24) is 19.7 Å². The quantitative estimate of drug-likeness (QED) is 0.939. The smallest absolute Gasteiger partial charge is 0.155 e. The third-order valence-corrected chi connectivity index (χ3v) is 3.91. The van der Waals surface area contributed by atoms with Crippen LogP contribution in [0.5, 0.6) is 0 Å². The highest BCUT2D eigenvalue weighted by Crippen LogP contribution is 2.15. The average Bonchev–Trinajstić information content (AvgIpc) is 2.79. The van der Waals surface area contributed by atoms with Gasteiger partial charge in [-0.05, 0) is 35.7 Å². The summed E-state index contributed by atoms with van der Waals surface area (Å²) in [6.45, 7) is 3.79. The van der Waals surface area contributed by atoms with Crippen molar-refractivity contribution in [3.63, 3.8) is 0 Å². The van der Waals surface area contributed by atoms with Gasteiger partial charge in [0.1, 0.15) is 4.60 Å². The first-order chi connectivity index (χ1) is 9.22. The molecule has 0 aromatic carbocycles. The second-order valence-corrected chi connectivity index (χ2v) is 5.78. The Balaban J connectivity index is 1.69. The predicted molar refractivity (Wildman–Crippen MR) is 76.0 cm³/mol. The van der Waals surface area contributed by atoms with E-state index in [1.807, 2.05) is 12.4 Å². The van der Waals surface area contributed by atoms with Gasteiger partial charge in [0, 0.05) is 25.4 Å². The Kier molecular flexibility index (Phi) is 3.81. The summed E-state index contributed by atoms with van der Waals surface area (Å²) in [5, 5.41) is 3.59. The molecule has 3 heterocycles. The lowest BCUT2D eigenvalue weighted by Crippen LogP contribution is -2.37. The van der Waals surface area contributed by atoms with Crippen molar-refractivity contribution in [3.8, 4) is 0 Å². The van der Waals surface area contributed by atoms with Gasteiger partial charge in [-0.3, -0.25) is 4.40 Å². The van der Waals surface area contributed by atoms with E-state index < -0.39 is 0 Å². The Morgan fingerprint density at radius 1 is 1.47 bits per heavy atom. The first kappa shape index (κ1) is 13.0. The molecule has 0 aliphatic carbocycles. The summed E-state index contributed by atoms with van der Waals surface area (Å²) in [6.07, 6.45) is 8.12. The van der Waals surface area contributed by atoms with Crippen LogP contribution >= 0.6 is 15.9 Å². The molecular weight excluding hydrogens is 308 g/mol. The lowest BCUT2D eigenvalue weighted by Gasteiger charge is -2.28. The summed E-state index contributed by atoms with van der Waals surface area (Å²) in [6, 6.07) is 0.527. The van der Waals surface area contributed by atoms with Crippen molar-refractivity contribution in [3.05, 3.63) is 28.9 Å². The van der Waals surface area contributed by atoms with Crippen LogP contribution < -0.4 is 5.32 Å². The first-order valence-electron chi connectivity index (χ1n) is 6.55. The fourth-order valence-electron chi connectivity index (χ4n) is 2.48. The molecule has 1 N–H and O–H groups in total. The maximum atomic E-state index is 5.56. The van der Waals surface area contributed by atoms with E-state index >= 15 is 0 Å². The Morgan fingerprint density at radius 2 is 2.37 bits per heavy atom. The maximum absolute atomic E-state index is 5.56. The summed E-state index contributed by atoms with van der Waals surface area (Å²) >= 11 is 3.39. The van der Waals surface area contributed by atoms with Gasteiger partial charge in [-0.15, -0.1) is 0 Å². The number of hydrogen-bond acceptors (Lipinski definition) is 4. The number of halogens is 1. The summed E-state index contributed by atoms with van der Waals surface area (Å²) in [5.41, 5.74) is 2.03. The van der Waals surface area contributed by atoms with Crippen LogP contribution in [0.2, 0.25) is 0 Å². The van der Waals surface area contributed by atoms with Crippen molar-refractivity contribution in [2.24, 2.45) is 0 Å². The van der Waals surface area contributed by atoms with Crippen LogP contribution in [-0.2, 0) is 11.3 Å². The summed E-state index contributed by atoms with van der Waals surface area (Å²) < 4.78 is 8.44. The van der Waals surface area contributed by atoms with Crippen molar-refractivity contribution < 1.29 is 4.74 Å². The molecule has 3 rings (SSSR count).